The van der Waals surface area contributed by atoms with Gasteiger partial charge in [-0.05, 0) is 73.0 Å². The van der Waals surface area contributed by atoms with Crippen molar-refractivity contribution in [3.05, 3.63) is 22.4 Å². The number of hydrogen-bond acceptors (Lipinski definition) is 5. The summed E-state index contributed by atoms with van der Waals surface area (Å²) in [6.45, 7) is 5.01. The number of nitrogens with one attached hydrogen (secondary N) is 1. The highest BCUT2D eigenvalue weighted by atomic mass is 35.5. The predicted molar refractivity (Wildman–Crippen MR) is 109 cm³/mol. The van der Waals surface area contributed by atoms with Gasteiger partial charge in [0.05, 0.1) is 19.1 Å². The molecular formula is C20H31ClN2O3S. The van der Waals surface area contributed by atoms with E-state index >= 15 is 0 Å². The van der Waals surface area contributed by atoms with Gasteiger partial charge in [-0.15, -0.1) is 12.4 Å². The largest absolute Gasteiger partial charge is 0.381 e. The van der Waals surface area contributed by atoms with Crippen LogP contribution in [-0.4, -0.2) is 55.9 Å². The van der Waals surface area contributed by atoms with Crippen LogP contribution < -0.4 is 5.32 Å². The second kappa shape index (κ2) is 9.70. The first-order valence-electron chi connectivity index (χ1n) is 9.97. The first-order valence-corrected chi connectivity index (χ1v) is 10.9. The summed E-state index contributed by atoms with van der Waals surface area (Å²) >= 11 is 1.70. The van der Waals surface area contributed by atoms with Gasteiger partial charge in [0.2, 0.25) is 5.91 Å². The van der Waals surface area contributed by atoms with Crippen LogP contribution in [0, 0.1) is 5.41 Å². The summed E-state index contributed by atoms with van der Waals surface area (Å²) in [5.41, 5.74) is 1.63. The molecule has 1 aromatic rings. The second-order valence-electron chi connectivity index (χ2n) is 7.92. The molecule has 1 aliphatic carbocycles. The molecule has 0 radical (unpaired) electrons. The standard InChI is InChI=1S/C20H30N2O3S.ClH/c23-19(3-11-25-17-1-9-24-10-2-17)22(14-16-4-12-26-15-16)18-13-20(18)5-7-21-8-6-20;/h4,12,15,17-18,21H,1-3,5-11,13-14H2;1H. The van der Waals surface area contributed by atoms with Crippen LogP contribution in [0.5, 0.6) is 0 Å². The van der Waals surface area contributed by atoms with Gasteiger partial charge in [0.15, 0.2) is 0 Å². The summed E-state index contributed by atoms with van der Waals surface area (Å²) in [5, 5.41) is 7.71. The van der Waals surface area contributed by atoms with Crippen LogP contribution in [0.4, 0.5) is 0 Å². The molecule has 2 aliphatic heterocycles. The number of hydrogen-bond donors (Lipinski definition) is 1. The van der Waals surface area contributed by atoms with Gasteiger partial charge in [-0.3, -0.25) is 4.79 Å². The summed E-state index contributed by atoms with van der Waals surface area (Å²) in [6, 6.07) is 2.56. The quantitative estimate of drug-likeness (QED) is 0.744. The van der Waals surface area contributed by atoms with Crippen molar-refractivity contribution in [2.24, 2.45) is 5.41 Å². The fourth-order valence-corrected chi connectivity index (χ4v) is 5.14. The average molecular weight is 415 g/mol. The monoisotopic (exact) mass is 414 g/mol. The van der Waals surface area contributed by atoms with E-state index in [2.05, 4.69) is 27.0 Å². The zero-order valence-electron chi connectivity index (χ0n) is 15.9. The second-order valence-corrected chi connectivity index (χ2v) is 8.70. The van der Waals surface area contributed by atoms with E-state index in [1.165, 1.54) is 24.8 Å². The summed E-state index contributed by atoms with van der Waals surface area (Å²) in [7, 11) is 0. The molecular weight excluding hydrogens is 384 g/mol. The number of amides is 1. The van der Waals surface area contributed by atoms with E-state index in [-0.39, 0.29) is 24.4 Å². The SMILES string of the molecule is Cl.O=C(CCOC1CCOCC1)N(Cc1ccsc1)C1CC12CCNCC2. The van der Waals surface area contributed by atoms with E-state index < -0.39 is 0 Å². The Labute approximate surface area is 172 Å². The smallest absolute Gasteiger partial charge is 0.225 e. The number of carbonyl (C=O) groups is 1. The Bertz CT molecular complexity index is 586. The molecule has 1 amide bonds. The average Bonchev–Trinajstić information content (AvgIpc) is 3.10. The predicted octanol–water partition coefficient (Wildman–Crippen LogP) is 3.23. The molecule has 5 nitrogen and oxygen atoms in total. The lowest BCUT2D eigenvalue weighted by molar-refractivity contribution is -0.135. The maximum absolute atomic E-state index is 13.0. The maximum Gasteiger partial charge on any atom is 0.225 e. The first-order chi connectivity index (χ1) is 12.8. The van der Waals surface area contributed by atoms with Crippen LogP contribution in [-0.2, 0) is 20.8 Å². The van der Waals surface area contributed by atoms with Crippen LogP contribution in [0.1, 0.15) is 44.1 Å². The summed E-state index contributed by atoms with van der Waals surface area (Å²) in [4.78, 5) is 15.2. The molecule has 3 heterocycles. The molecule has 0 aromatic carbocycles. The Kier molecular flexibility index (Phi) is 7.57. The van der Waals surface area contributed by atoms with Crippen LogP contribution in [0.3, 0.4) is 0 Å². The number of nitrogens with zero attached hydrogens (tertiary/aromatic N) is 1. The van der Waals surface area contributed by atoms with Gasteiger partial charge in [0.25, 0.3) is 0 Å². The van der Waals surface area contributed by atoms with E-state index in [1.807, 2.05) is 0 Å². The molecule has 4 rings (SSSR count). The van der Waals surface area contributed by atoms with E-state index in [4.69, 9.17) is 9.47 Å². The Balaban J connectivity index is 0.00000210. The van der Waals surface area contributed by atoms with Gasteiger partial charge in [-0.2, -0.15) is 11.3 Å². The highest BCUT2D eigenvalue weighted by Crippen LogP contribution is 2.56. The normalized spacial score (nSPS) is 24.4. The highest BCUT2D eigenvalue weighted by Gasteiger charge is 2.57. The minimum absolute atomic E-state index is 0. The van der Waals surface area contributed by atoms with E-state index in [0.29, 0.717) is 24.5 Å². The molecule has 1 saturated carbocycles. The molecule has 0 bridgehead atoms. The van der Waals surface area contributed by atoms with Gasteiger partial charge in [-0.1, -0.05) is 0 Å². The molecule has 1 atom stereocenters. The lowest BCUT2D eigenvalue weighted by Gasteiger charge is -2.30. The van der Waals surface area contributed by atoms with Crippen molar-refractivity contribution >= 4 is 29.7 Å². The number of carbonyl (C=O) groups excluding carboxylic acids is 1. The Hall–Kier alpha value is -0.660. The van der Waals surface area contributed by atoms with Gasteiger partial charge in [0, 0.05) is 25.8 Å². The number of thiophene rings is 1. The molecule has 1 aromatic heterocycles. The molecule has 3 fully saturated rings. The Morgan fingerprint density at radius 1 is 1.33 bits per heavy atom. The van der Waals surface area contributed by atoms with Gasteiger partial charge >= 0.3 is 0 Å². The molecule has 1 N–H and O–H groups in total. The minimum atomic E-state index is 0. The summed E-state index contributed by atoms with van der Waals surface area (Å²) in [5.74, 6) is 0.253. The molecule has 152 valence electrons. The van der Waals surface area contributed by atoms with Crippen LogP contribution >= 0.6 is 23.7 Å². The first kappa shape index (κ1) is 21.1. The van der Waals surface area contributed by atoms with Crippen molar-refractivity contribution in [1.82, 2.24) is 10.2 Å². The van der Waals surface area contributed by atoms with Crippen molar-refractivity contribution in [1.29, 1.82) is 0 Å². The number of ether oxygens (including phenoxy) is 2. The molecule has 7 heteroatoms. The zero-order chi connectivity index (χ0) is 17.8. The topological polar surface area (TPSA) is 50.8 Å². The van der Waals surface area contributed by atoms with Crippen molar-refractivity contribution in [2.75, 3.05) is 32.9 Å². The van der Waals surface area contributed by atoms with Gasteiger partial charge < -0.3 is 19.7 Å². The fourth-order valence-electron chi connectivity index (χ4n) is 4.48. The molecule has 27 heavy (non-hydrogen) atoms. The maximum atomic E-state index is 13.0. The number of rotatable bonds is 7. The summed E-state index contributed by atoms with van der Waals surface area (Å²) < 4.78 is 11.3. The number of halogens is 1. The van der Waals surface area contributed by atoms with E-state index in [0.717, 1.165) is 45.7 Å². The van der Waals surface area contributed by atoms with Crippen molar-refractivity contribution in [3.63, 3.8) is 0 Å². The van der Waals surface area contributed by atoms with Crippen LogP contribution in [0.15, 0.2) is 16.8 Å². The van der Waals surface area contributed by atoms with Crippen molar-refractivity contribution in [2.45, 2.75) is 57.2 Å². The molecule has 1 unspecified atom stereocenters. The summed E-state index contributed by atoms with van der Waals surface area (Å²) in [6.07, 6.45) is 6.22. The van der Waals surface area contributed by atoms with Crippen LogP contribution in [0.2, 0.25) is 0 Å². The van der Waals surface area contributed by atoms with Gasteiger partial charge in [0.1, 0.15) is 0 Å². The zero-order valence-corrected chi connectivity index (χ0v) is 17.5. The lowest BCUT2D eigenvalue weighted by Crippen LogP contribution is -2.39. The van der Waals surface area contributed by atoms with E-state index in [1.54, 1.807) is 11.3 Å². The van der Waals surface area contributed by atoms with Gasteiger partial charge in [-0.25, -0.2) is 0 Å². The Morgan fingerprint density at radius 2 is 2.11 bits per heavy atom. The van der Waals surface area contributed by atoms with E-state index in [9.17, 15) is 4.79 Å². The van der Waals surface area contributed by atoms with Crippen molar-refractivity contribution in [3.8, 4) is 0 Å². The lowest BCUT2D eigenvalue weighted by atomic mass is 9.93. The molecule has 1 spiro atoms. The third-order valence-electron chi connectivity index (χ3n) is 6.21. The number of piperidine rings is 1. The third kappa shape index (κ3) is 5.24. The fraction of sp³-hybridized carbons (Fsp3) is 0.750. The molecule has 2 saturated heterocycles. The third-order valence-corrected chi connectivity index (χ3v) is 6.95. The van der Waals surface area contributed by atoms with Crippen LogP contribution in [0.25, 0.3) is 0 Å². The molecule has 3 aliphatic rings. The minimum Gasteiger partial charge on any atom is -0.381 e. The van der Waals surface area contributed by atoms with Crippen molar-refractivity contribution < 1.29 is 14.3 Å². The highest BCUT2D eigenvalue weighted by molar-refractivity contribution is 7.07. The Morgan fingerprint density at radius 3 is 2.81 bits per heavy atom.